The highest BCUT2D eigenvalue weighted by Crippen LogP contribution is 2.20. The third-order valence-electron chi connectivity index (χ3n) is 4.14. The van der Waals surface area contributed by atoms with E-state index in [1.54, 1.807) is 35.2 Å². The number of benzene rings is 2. The SMILES string of the molecule is O=C(NNC(=O)C1CC(=O)N(Cc2ccccc2)C1)c1ccccc1. The Bertz CT molecular complexity index is 762. The molecule has 3 rings (SSSR count). The van der Waals surface area contributed by atoms with Gasteiger partial charge in [0.25, 0.3) is 5.91 Å². The molecule has 0 bridgehead atoms. The molecule has 0 radical (unpaired) electrons. The highest BCUT2D eigenvalue weighted by molar-refractivity contribution is 5.96. The minimum Gasteiger partial charge on any atom is -0.338 e. The molecular formula is C19H19N3O3. The minimum absolute atomic E-state index is 0.0570. The van der Waals surface area contributed by atoms with E-state index in [0.717, 1.165) is 5.56 Å². The first-order chi connectivity index (χ1) is 12.1. The second kappa shape index (κ2) is 7.61. The number of amides is 3. The van der Waals surface area contributed by atoms with Gasteiger partial charge in [0.05, 0.1) is 5.92 Å². The Morgan fingerprint density at radius 2 is 1.60 bits per heavy atom. The topological polar surface area (TPSA) is 78.5 Å². The first-order valence-corrected chi connectivity index (χ1v) is 8.10. The van der Waals surface area contributed by atoms with Crippen LogP contribution in [0.3, 0.4) is 0 Å². The maximum atomic E-state index is 12.2. The van der Waals surface area contributed by atoms with Crippen LogP contribution in [0.5, 0.6) is 0 Å². The molecule has 2 aromatic carbocycles. The van der Waals surface area contributed by atoms with Gasteiger partial charge in [0, 0.05) is 25.1 Å². The summed E-state index contributed by atoms with van der Waals surface area (Å²) in [4.78, 5) is 37.9. The largest absolute Gasteiger partial charge is 0.338 e. The fraction of sp³-hybridized carbons (Fsp3) is 0.211. The Labute approximate surface area is 145 Å². The lowest BCUT2D eigenvalue weighted by molar-refractivity contribution is -0.129. The average molecular weight is 337 g/mol. The van der Waals surface area contributed by atoms with Gasteiger partial charge in [-0.15, -0.1) is 0 Å². The molecule has 1 heterocycles. The zero-order valence-electron chi connectivity index (χ0n) is 13.6. The maximum Gasteiger partial charge on any atom is 0.269 e. The van der Waals surface area contributed by atoms with Crippen LogP contribution in [-0.2, 0) is 16.1 Å². The summed E-state index contributed by atoms with van der Waals surface area (Å²) in [7, 11) is 0. The molecule has 1 saturated heterocycles. The summed E-state index contributed by atoms with van der Waals surface area (Å²) in [5.41, 5.74) is 6.27. The van der Waals surface area contributed by atoms with E-state index in [1.807, 2.05) is 30.3 Å². The summed E-state index contributed by atoms with van der Waals surface area (Å²) < 4.78 is 0. The summed E-state index contributed by atoms with van der Waals surface area (Å²) in [5, 5.41) is 0. The average Bonchev–Trinajstić information content (AvgIpc) is 3.01. The Hall–Kier alpha value is -3.15. The third kappa shape index (κ3) is 4.23. The van der Waals surface area contributed by atoms with Gasteiger partial charge >= 0.3 is 0 Å². The van der Waals surface area contributed by atoms with Crippen molar-refractivity contribution in [3.63, 3.8) is 0 Å². The second-order valence-electron chi connectivity index (χ2n) is 5.97. The van der Waals surface area contributed by atoms with Crippen LogP contribution in [0.25, 0.3) is 0 Å². The molecule has 6 nitrogen and oxygen atoms in total. The standard InChI is InChI=1S/C19H19N3O3/c23-17-11-16(13-22(17)12-14-7-3-1-4-8-14)19(25)21-20-18(24)15-9-5-2-6-10-15/h1-10,16H,11-13H2,(H,20,24)(H,21,25). The van der Waals surface area contributed by atoms with Crippen LogP contribution >= 0.6 is 0 Å². The van der Waals surface area contributed by atoms with Crippen LogP contribution in [0, 0.1) is 5.92 Å². The Balaban J connectivity index is 1.51. The molecule has 0 saturated carbocycles. The predicted molar refractivity (Wildman–Crippen MR) is 92.0 cm³/mol. The number of rotatable bonds is 4. The monoisotopic (exact) mass is 337 g/mol. The normalized spacial score (nSPS) is 16.6. The smallest absolute Gasteiger partial charge is 0.269 e. The molecular weight excluding hydrogens is 318 g/mol. The molecule has 128 valence electrons. The van der Waals surface area contributed by atoms with E-state index in [4.69, 9.17) is 0 Å². The van der Waals surface area contributed by atoms with Crippen LogP contribution in [0.15, 0.2) is 60.7 Å². The number of hydrogen-bond donors (Lipinski definition) is 2. The molecule has 0 aromatic heterocycles. The van der Waals surface area contributed by atoms with Crippen molar-refractivity contribution in [3.8, 4) is 0 Å². The van der Waals surface area contributed by atoms with Crippen molar-refractivity contribution in [2.45, 2.75) is 13.0 Å². The van der Waals surface area contributed by atoms with Crippen molar-refractivity contribution >= 4 is 17.7 Å². The first kappa shape index (κ1) is 16.7. The Morgan fingerprint density at radius 3 is 2.28 bits per heavy atom. The van der Waals surface area contributed by atoms with Gasteiger partial charge in [0.1, 0.15) is 0 Å². The molecule has 1 fully saturated rings. The van der Waals surface area contributed by atoms with E-state index in [2.05, 4.69) is 10.9 Å². The summed E-state index contributed by atoms with van der Waals surface area (Å²) >= 11 is 0. The number of nitrogens with zero attached hydrogens (tertiary/aromatic N) is 1. The molecule has 3 amide bonds. The van der Waals surface area contributed by atoms with Gasteiger partial charge < -0.3 is 4.90 Å². The van der Waals surface area contributed by atoms with Gasteiger partial charge in [-0.2, -0.15) is 0 Å². The fourth-order valence-electron chi connectivity index (χ4n) is 2.79. The first-order valence-electron chi connectivity index (χ1n) is 8.10. The second-order valence-corrected chi connectivity index (χ2v) is 5.97. The molecule has 25 heavy (non-hydrogen) atoms. The van der Waals surface area contributed by atoms with E-state index >= 15 is 0 Å². The molecule has 1 aliphatic heterocycles. The van der Waals surface area contributed by atoms with E-state index in [-0.39, 0.29) is 24.1 Å². The van der Waals surface area contributed by atoms with E-state index in [0.29, 0.717) is 18.7 Å². The van der Waals surface area contributed by atoms with Gasteiger partial charge in [0.2, 0.25) is 11.8 Å². The molecule has 1 unspecified atom stereocenters. The quantitative estimate of drug-likeness (QED) is 0.830. The van der Waals surface area contributed by atoms with Gasteiger partial charge in [-0.1, -0.05) is 48.5 Å². The number of carbonyl (C=O) groups is 3. The van der Waals surface area contributed by atoms with Crippen LogP contribution < -0.4 is 10.9 Å². The van der Waals surface area contributed by atoms with Gasteiger partial charge in [-0.05, 0) is 17.7 Å². The lowest BCUT2D eigenvalue weighted by Crippen LogP contribution is -2.45. The van der Waals surface area contributed by atoms with Crippen LogP contribution in [0.4, 0.5) is 0 Å². The zero-order chi connectivity index (χ0) is 17.6. The predicted octanol–water partition coefficient (Wildman–Crippen LogP) is 1.50. The molecule has 6 heteroatoms. The minimum atomic E-state index is -0.465. The highest BCUT2D eigenvalue weighted by atomic mass is 16.2. The molecule has 1 atom stereocenters. The molecule has 2 N–H and O–H groups in total. The summed E-state index contributed by atoms with van der Waals surface area (Å²) in [5.74, 6) is -1.27. The van der Waals surface area contributed by atoms with Crippen molar-refractivity contribution in [2.24, 2.45) is 5.92 Å². The molecule has 2 aromatic rings. The highest BCUT2D eigenvalue weighted by Gasteiger charge is 2.34. The number of hydrogen-bond acceptors (Lipinski definition) is 3. The van der Waals surface area contributed by atoms with Crippen LogP contribution in [-0.4, -0.2) is 29.2 Å². The number of nitrogens with one attached hydrogen (secondary N) is 2. The Kier molecular flexibility index (Phi) is 5.09. The van der Waals surface area contributed by atoms with E-state index < -0.39 is 5.92 Å². The summed E-state index contributed by atoms with van der Waals surface area (Å²) in [6, 6.07) is 18.2. The van der Waals surface area contributed by atoms with Crippen molar-refractivity contribution in [1.29, 1.82) is 0 Å². The lowest BCUT2D eigenvalue weighted by atomic mass is 10.1. The van der Waals surface area contributed by atoms with E-state index in [1.165, 1.54) is 0 Å². The van der Waals surface area contributed by atoms with Crippen molar-refractivity contribution < 1.29 is 14.4 Å². The van der Waals surface area contributed by atoms with Crippen LogP contribution in [0.2, 0.25) is 0 Å². The van der Waals surface area contributed by atoms with Gasteiger partial charge in [0.15, 0.2) is 0 Å². The molecule has 0 spiro atoms. The van der Waals surface area contributed by atoms with Gasteiger partial charge in [-0.3, -0.25) is 25.2 Å². The zero-order valence-corrected chi connectivity index (χ0v) is 13.6. The summed E-state index contributed by atoms with van der Waals surface area (Å²) in [6.07, 6.45) is 0.153. The molecule has 0 aliphatic carbocycles. The fourth-order valence-corrected chi connectivity index (χ4v) is 2.79. The number of carbonyl (C=O) groups excluding carboxylic acids is 3. The van der Waals surface area contributed by atoms with Crippen molar-refractivity contribution in [2.75, 3.05) is 6.54 Å². The van der Waals surface area contributed by atoms with Gasteiger partial charge in [-0.25, -0.2) is 0 Å². The van der Waals surface area contributed by atoms with Crippen LogP contribution in [0.1, 0.15) is 22.3 Å². The lowest BCUT2D eigenvalue weighted by Gasteiger charge is -2.16. The van der Waals surface area contributed by atoms with Crippen molar-refractivity contribution in [3.05, 3.63) is 71.8 Å². The number of hydrazine groups is 1. The molecule has 1 aliphatic rings. The Morgan fingerprint density at radius 1 is 0.960 bits per heavy atom. The van der Waals surface area contributed by atoms with Crippen molar-refractivity contribution in [1.82, 2.24) is 15.8 Å². The maximum absolute atomic E-state index is 12.2. The summed E-state index contributed by atoms with van der Waals surface area (Å²) in [6.45, 7) is 0.834. The third-order valence-corrected chi connectivity index (χ3v) is 4.14. The van der Waals surface area contributed by atoms with E-state index in [9.17, 15) is 14.4 Å². The number of likely N-dealkylation sites (tertiary alicyclic amines) is 1.